The van der Waals surface area contributed by atoms with E-state index >= 15 is 0 Å². The van der Waals surface area contributed by atoms with Crippen LogP contribution in [-0.4, -0.2) is 68.6 Å². The Morgan fingerprint density at radius 3 is 2.48 bits per heavy atom. The summed E-state index contributed by atoms with van der Waals surface area (Å²) >= 11 is 0. The number of nitrogens with two attached hydrogens (primary N) is 1. The molecule has 2 aliphatic rings. The second-order valence-electron chi connectivity index (χ2n) is 6.21. The number of piperidine rings is 2. The molecule has 2 aliphatic heterocycles. The molecule has 3 unspecified atom stereocenters. The molecule has 0 aromatic heterocycles. The Morgan fingerprint density at radius 2 is 1.91 bits per heavy atom. The zero-order chi connectivity index (χ0) is 17.0. The average Bonchev–Trinajstić information content (AvgIpc) is 2.46. The number of sulfonamides is 1. The number of Topliss-reactive ketones (excluding diaryl/α,β-unsaturated/α-hetero) is 1. The van der Waals surface area contributed by atoms with Crippen molar-refractivity contribution >= 4 is 21.8 Å². The fourth-order valence-corrected chi connectivity index (χ4v) is 4.13. The summed E-state index contributed by atoms with van der Waals surface area (Å²) in [4.78, 5) is 25.9. The molecule has 0 bridgehead atoms. The molecule has 2 fully saturated rings. The predicted molar refractivity (Wildman–Crippen MR) is 84.2 cm³/mol. The minimum atomic E-state index is -4.31. The van der Waals surface area contributed by atoms with Crippen molar-refractivity contribution in [3.8, 4) is 0 Å². The molecule has 0 amide bonds. The number of primary sulfonamides is 1. The number of nitrogens with one attached hydrogen (secondary N) is 1. The van der Waals surface area contributed by atoms with Crippen molar-refractivity contribution in [2.75, 3.05) is 26.2 Å². The average molecular weight is 347 g/mol. The van der Waals surface area contributed by atoms with E-state index in [2.05, 4.69) is 10.2 Å². The van der Waals surface area contributed by atoms with Gasteiger partial charge in [-0.2, -0.15) is 0 Å². The number of ketones is 1. The van der Waals surface area contributed by atoms with Gasteiger partial charge in [0.05, 0.1) is 0 Å². The van der Waals surface area contributed by atoms with Crippen LogP contribution in [0.3, 0.4) is 0 Å². The van der Waals surface area contributed by atoms with Gasteiger partial charge in [0, 0.05) is 12.6 Å². The molecule has 9 heteroatoms. The summed E-state index contributed by atoms with van der Waals surface area (Å²) in [6.07, 6.45) is 3.76. The number of carbonyl (C=O) groups is 2. The van der Waals surface area contributed by atoms with E-state index in [9.17, 15) is 18.0 Å². The number of esters is 1. The zero-order valence-electron chi connectivity index (χ0n) is 13.4. The topological polar surface area (TPSA) is 119 Å². The van der Waals surface area contributed by atoms with Gasteiger partial charge in [-0.15, -0.1) is 0 Å². The normalized spacial score (nSPS) is 28.1. The number of rotatable bonds is 5. The first kappa shape index (κ1) is 18.3. The number of hydrogen-bond donors (Lipinski definition) is 2. The molecule has 0 aromatic carbocycles. The van der Waals surface area contributed by atoms with Crippen LogP contribution in [0.1, 0.15) is 32.6 Å². The third-order valence-corrected chi connectivity index (χ3v) is 5.61. The quantitative estimate of drug-likeness (QED) is 0.483. The maximum Gasteiger partial charge on any atom is 0.333 e. The summed E-state index contributed by atoms with van der Waals surface area (Å²) in [6.45, 7) is 4.19. The van der Waals surface area contributed by atoms with Crippen molar-refractivity contribution in [1.29, 1.82) is 0 Å². The molecule has 132 valence electrons. The number of nitrogens with zero attached hydrogens (tertiary/aromatic N) is 1. The predicted octanol–water partition coefficient (Wildman–Crippen LogP) is -1.01. The second kappa shape index (κ2) is 7.69. The van der Waals surface area contributed by atoms with E-state index in [-0.39, 0.29) is 6.04 Å². The van der Waals surface area contributed by atoms with Crippen molar-refractivity contribution in [2.45, 2.75) is 50.0 Å². The lowest BCUT2D eigenvalue weighted by Crippen LogP contribution is -2.57. The summed E-state index contributed by atoms with van der Waals surface area (Å²) in [6, 6.07) is 0.0496. The SMILES string of the molecule is CC(=O)C(C(=O)OC1CNCCC1N1CCCCC1)S(N)(=O)=O. The van der Waals surface area contributed by atoms with Crippen molar-refractivity contribution in [2.24, 2.45) is 5.14 Å². The maximum atomic E-state index is 12.2. The van der Waals surface area contributed by atoms with Gasteiger partial charge in [0.25, 0.3) is 0 Å². The van der Waals surface area contributed by atoms with Gasteiger partial charge in [0.15, 0.2) is 5.78 Å². The third kappa shape index (κ3) is 4.72. The van der Waals surface area contributed by atoms with Crippen LogP contribution in [0.5, 0.6) is 0 Å². The number of hydrogen-bond acceptors (Lipinski definition) is 7. The minimum absolute atomic E-state index is 0.0496. The first-order valence-electron chi connectivity index (χ1n) is 7.98. The van der Waals surface area contributed by atoms with E-state index in [1.807, 2.05) is 0 Å². The van der Waals surface area contributed by atoms with E-state index in [1.54, 1.807) is 0 Å². The Labute approximate surface area is 136 Å². The molecule has 0 spiro atoms. The first-order chi connectivity index (χ1) is 10.8. The fourth-order valence-electron chi connectivity index (χ4n) is 3.35. The fraction of sp³-hybridized carbons (Fsp3) is 0.857. The van der Waals surface area contributed by atoms with Gasteiger partial charge in [0.2, 0.25) is 15.3 Å². The highest BCUT2D eigenvalue weighted by molar-refractivity contribution is 7.91. The van der Waals surface area contributed by atoms with Crippen molar-refractivity contribution < 1.29 is 22.7 Å². The van der Waals surface area contributed by atoms with Crippen LogP contribution in [0.15, 0.2) is 0 Å². The van der Waals surface area contributed by atoms with Crippen LogP contribution in [0.2, 0.25) is 0 Å². The van der Waals surface area contributed by atoms with Gasteiger partial charge < -0.3 is 10.1 Å². The smallest absolute Gasteiger partial charge is 0.333 e. The van der Waals surface area contributed by atoms with Crippen molar-refractivity contribution in [3.05, 3.63) is 0 Å². The van der Waals surface area contributed by atoms with Crippen LogP contribution in [-0.2, 0) is 24.3 Å². The van der Waals surface area contributed by atoms with E-state index in [0.29, 0.717) is 6.54 Å². The minimum Gasteiger partial charge on any atom is -0.458 e. The molecule has 0 saturated carbocycles. The molecule has 3 atom stereocenters. The monoisotopic (exact) mass is 347 g/mol. The first-order valence-corrected chi connectivity index (χ1v) is 9.59. The van der Waals surface area contributed by atoms with Crippen molar-refractivity contribution in [3.63, 3.8) is 0 Å². The van der Waals surface area contributed by atoms with Crippen LogP contribution in [0, 0.1) is 0 Å². The molecule has 2 heterocycles. The van der Waals surface area contributed by atoms with Crippen LogP contribution < -0.4 is 10.5 Å². The largest absolute Gasteiger partial charge is 0.458 e. The highest BCUT2D eigenvalue weighted by Crippen LogP contribution is 2.21. The molecule has 8 nitrogen and oxygen atoms in total. The summed E-state index contributed by atoms with van der Waals surface area (Å²) < 4.78 is 28.3. The van der Waals surface area contributed by atoms with Crippen LogP contribution in [0.4, 0.5) is 0 Å². The van der Waals surface area contributed by atoms with E-state index in [1.165, 1.54) is 6.42 Å². The van der Waals surface area contributed by atoms with Crippen LogP contribution in [0.25, 0.3) is 0 Å². The molecule has 0 aromatic rings. The lowest BCUT2D eigenvalue weighted by Gasteiger charge is -2.41. The molecule has 0 radical (unpaired) electrons. The van der Waals surface area contributed by atoms with E-state index in [4.69, 9.17) is 9.88 Å². The van der Waals surface area contributed by atoms with Gasteiger partial charge in [-0.1, -0.05) is 6.42 Å². The third-order valence-electron chi connectivity index (χ3n) is 4.43. The van der Waals surface area contributed by atoms with Gasteiger partial charge in [-0.05, 0) is 45.8 Å². The summed E-state index contributed by atoms with van der Waals surface area (Å²) in [5, 5.41) is 6.20. The Morgan fingerprint density at radius 1 is 1.26 bits per heavy atom. The van der Waals surface area contributed by atoms with E-state index < -0.39 is 33.1 Å². The van der Waals surface area contributed by atoms with Crippen LogP contribution >= 0.6 is 0 Å². The maximum absolute atomic E-state index is 12.2. The molecule has 23 heavy (non-hydrogen) atoms. The highest BCUT2D eigenvalue weighted by Gasteiger charge is 2.40. The molecule has 2 rings (SSSR count). The van der Waals surface area contributed by atoms with Crippen molar-refractivity contribution in [1.82, 2.24) is 10.2 Å². The Kier molecular flexibility index (Phi) is 6.12. The molecule has 0 aliphatic carbocycles. The van der Waals surface area contributed by atoms with Gasteiger partial charge in [-0.3, -0.25) is 14.5 Å². The summed E-state index contributed by atoms with van der Waals surface area (Å²) in [5.74, 6) is -1.90. The van der Waals surface area contributed by atoms with Gasteiger partial charge in [-0.25, -0.2) is 13.6 Å². The molecule has 3 N–H and O–H groups in total. The molecular formula is C14H25N3O5S. The summed E-state index contributed by atoms with van der Waals surface area (Å²) in [5.41, 5.74) is 0. The summed E-state index contributed by atoms with van der Waals surface area (Å²) in [7, 11) is -4.31. The Hall–Kier alpha value is -1.03. The Bertz CT molecular complexity index is 545. The Balaban J connectivity index is 2.08. The standard InChI is InChI=1S/C14H25N3O5S/c1-10(18)13(23(15,20)21)14(19)22-12-9-16-6-5-11(12)17-7-3-2-4-8-17/h11-13,16H,2-9H2,1H3,(H2,15,20,21). The second-order valence-corrected chi connectivity index (χ2v) is 7.86. The lowest BCUT2D eigenvalue weighted by atomic mass is 9.98. The molecule has 2 saturated heterocycles. The number of likely N-dealkylation sites (tertiary alicyclic amines) is 1. The zero-order valence-corrected chi connectivity index (χ0v) is 14.2. The number of carbonyl (C=O) groups excluding carboxylic acids is 2. The van der Waals surface area contributed by atoms with Gasteiger partial charge >= 0.3 is 5.97 Å². The highest BCUT2D eigenvalue weighted by atomic mass is 32.2. The van der Waals surface area contributed by atoms with E-state index in [0.717, 1.165) is 45.8 Å². The lowest BCUT2D eigenvalue weighted by molar-refractivity contribution is -0.154. The molecular weight excluding hydrogens is 322 g/mol. The van der Waals surface area contributed by atoms with Gasteiger partial charge in [0.1, 0.15) is 6.10 Å². The number of ether oxygens (including phenoxy) is 1.